The standard InChI is InChI=1S/C36H58N2O6.H2/c1-32(2)27-9-7-22-24-16-26-23(6-8-25(43-26)30(39)33(3,4)41)34(24,5)12-13-35(22)20-36(27,35)11-10-28(32)44-29-19-38(14-15-42-29)31(40)21-17-37-18-21;/h21-30,37,39,41H,6-20H2,1-5H3;1H/t22?,23?,24?,25?,26?,27?,28-,29?,30-,34?,35-,36?;/m0./s1. The van der Waals surface area contributed by atoms with Crippen LogP contribution in [0.5, 0.6) is 0 Å². The van der Waals surface area contributed by atoms with Gasteiger partial charge in [-0.2, -0.15) is 0 Å². The molecule has 8 rings (SSSR count). The summed E-state index contributed by atoms with van der Waals surface area (Å²) in [6.45, 7) is 14.3. The number of aliphatic hydroxyl groups is 2. The number of ether oxygens (including phenoxy) is 3. The summed E-state index contributed by atoms with van der Waals surface area (Å²) in [5.74, 6) is 3.10. The van der Waals surface area contributed by atoms with Crippen molar-refractivity contribution < 1.29 is 30.6 Å². The van der Waals surface area contributed by atoms with Gasteiger partial charge in [0.15, 0.2) is 6.29 Å². The van der Waals surface area contributed by atoms with Gasteiger partial charge in [-0.25, -0.2) is 0 Å². The molecule has 5 aliphatic carbocycles. The lowest BCUT2D eigenvalue weighted by Crippen LogP contribution is -2.58. The monoisotopic (exact) mass is 616 g/mol. The van der Waals surface area contributed by atoms with Crippen molar-refractivity contribution in [1.82, 2.24) is 10.2 Å². The molecule has 2 spiro atoms. The third-order valence-electron chi connectivity index (χ3n) is 15.4. The normalized spacial score (nSPS) is 50.3. The van der Waals surface area contributed by atoms with Crippen LogP contribution in [0.25, 0.3) is 0 Å². The molecule has 3 aliphatic heterocycles. The molecule has 0 bridgehead atoms. The number of hydrogen-bond donors (Lipinski definition) is 3. The number of carbonyl (C=O) groups is 1. The maximum atomic E-state index is 12.9. The highest BCUT2D eigenvalue weighted by molar-refractivity contribution is 5.80. The van der Waals surface area contributed by atoms with E-state index in [4.69, 9.17) is 14.2 Å². The number of hydrogen-bond acceptors (Lipinski definition) is 7. The summed E-state index contributed by atoms with van der Waals surface area (Å²) in [7, 11) is 0. The first kappa shape index (κ1) is 30.6. The smallest absolute Gasteiger partial charge is 0.228 e. The van der Waals surface area contributed by atoms with Gasteiger partial charge in [-0.3, -0.25) is 4.79 Å². The van der Waals surface area contributed by atoms with Crippen molar-refractivity contribution in [2.45, 2.75) is 135 Å². The molecule has 8 nitrogen and oxygen atoms in total. The Morgan fingerprint density at radius 3 is 2.52 bits per heavy atom. The van der Waals surface area contributed by atoms with E-state index in [2.05, 4.69) is 26.1 Å². The third-order valence-corrected chi connectivity index (χ3v) is 15.4. The summed E-state index contributed by atoms with van der Waals surface area (Å²) < 4.78 is 19.6. The van der Waals surface area contributed by atoms with Crippen LogP contribution in [0.4, 0.5) is 0 Å². The Kier molecular flexibility index (Phi) is 7.03. The van der Waals surface area contributed by atoms with Crippen LogP contribution in [0.2, 0.25) is 0 Å². The maximum Gasteiger partial charge on any atom is 0.228 e. The van der Waals surface area contributed by atoms with Gasteiger partial charge in [0.1, 0.15) is 6.10 Å². The van der Waals surface area contributed by atoms with E-state index in [0.29, 0.717) is 53.7 Å². The first-order chi connectivity index (χ1) is 20.8. The molecule has 0 radical (unpaired) electrons. The van der Waals surface area contributed by atoms with Crippen LogP contribution >= 0.6 is 0 Å². The number of nitrogens with one attached hydrogen (secondary N) is 1. The van der Waals surface area contributed by atoms with Crippen molar-refractivity contribution in [1.29, 1.82) is 0 Å². The topological polar surface area (TPSA) is 100 Å². The second kappa shape index (κ2) is 10.1. The van der Waals surface area contributed by atoms with Crippen LogP contribution in [-0.4, -0.2) is 90.1 Å². The van der Waals surface area contributed by atoms with Gasteiger partial charge in [0, 0.05) is 21.1 Å². The van der Waals surface area contributed by atoms with Gasteiger partial charge in [0.05, 0.1) is 43.0 Å². The van der Waals surface area contributed by atoms with Crippen LogP contribution < -0.4 is 5.32 Å². The van der Waals surface area contributed by atoms with Crippen LogP contribution in [0.1, 0.15) is 100 Å². The maximum absolute atomic E-state index is 12.9. The largest absolute Gasteiger partial charge is 0.388 e. The Balaban J connectivity index is 0.00000325. The van der Waals surface area contributed by atoms with Gasteiger partial charge in [-0.15, -0.1) is 0 Å². The molecule has 3 heterocycles. The zero-order chi connectivity index (χ0) is 30.9. The van der Waals surface area contributed by atoms with Crippen molar-refractivity contribution in [3.05, 3.63) is 0 Å². The fourth-order valence-corrected chi connectivity index (χ4v) is 13.0. The molecule has 0 aromatic rings. The Labute approximate surface area is 265 Å². The average molecular weight is 617 g/mol. The van der Waals surface area contributed by atoms with E-state index in [1.165, 1.54) is 38.5 Å². The quantitative estimate of drug-likeness (QED) is 0.422. The van der Waals surface area contributed by atoms with Crippen molar-refractivity contribution in [2.24, 2.45) is 51.2 Å². The molecule has 9 unspecified atom stereocenters. The number of morpholine rings is 1. The Morgan fingerprint density at radius 2 is 1.80 bits per heavy atom. The minimum absolute atomic E-state index is 0. The van der Waals surface area contributed by atoms with Gasteiger partial charge in [-0.1, -0.05) is 20.8 Å². The second-order valence-electron chi connectivity index (χ2n) is 18.0. The molecule has 8 fully saturated rings. The minimum Gasteiger partial charge on any atom is -0.388 e. The molecule has 8 aliphatic rings. The van der Waals surface area contributed by atoms with E-state index >= 15 is 0 Å². The Hall–Kier alpha value is -0.770. The summed E-state index contributed by atoms with van der Waals surface area (Å²) in [5, 5.41) is 24.6. The summed E-state index contributed by atoms with van der Waals surface area (Å²) in [4.78, 5) is 14.9. The molecule has 0 aromatic heterocycles. The first-order valence-corrected chi connectivity index (χ1v) is 18.1. The highest BCUT2D eigenvalue weighted by Gasteiger charge is 2.80. The van der Waals surface area contributed by atoms with Gasteiger partial charge in [-0.05, 0) is 123 Å². The lowest BCUT2D eigenvalue weighted by Gasteiger charge is -2.60. The number of aliphatic hydroxyl groups excluding tert-OH is 1. The summed E-state index contributed by atoms with van der Waals surface area (Å²) in [6.07, 6.45) is 11.1. The molecule has 8 heteroatoms. The second-order valence-corrected chi connectivity index (χ2v) is 18.0. The van der Waals surface area contributed by atoms with Crippen LogP contribution in [0.3, 0.4) is 0 Å². The van der Waals surface area contributed by atoms with E-state index in [0.717, 1.165) is 44.7 Å². The lowest BCUT2D eigenvalue weighted by atomic mass is 9.46. The van der Waals surface area contributed by atoms with Crippen molar-refractivity contribution in [3.63, 3.8) is 0 Å². The highest BCUT2D eigenvalue weighted by Crippen LogP contribution is 2.87. The number of amides is 1. The molecule has 250 valence electrons. The fourth-order valence-electron chi connectivity index (χ4n) is 13.0. The number of nitrogens with zero attached hydrogens (tertiary/aromatic N) is 1. The fraction of sp³-hybridized carbons (Fsp3) is 0.972. The molecule has 5 saturated carbocycles. The first-order valence-electron chi connectivity index (χ1n) is 18.1. The van der Waals surface area contributed by atoms with Gasteiger partial charge in [0.25, 0.3) is 0 Å². The number of rotatable bonds is 5. The summed E-state index contributed by atoms with van der Waals surface area (Å²) in [5.41, 5.74) is 0.187. The molecular weight excluding hydrogens is 556 g/mol. The molecule has 44 heavy (non-hydrogen) atoms. The molecule has 12 atom stereocenters. The number of fused-ring (bicyclic) bond motifs is 4. The van der Waals surface area contributed by atoms with Gasteiger partial charge in [0.2, 0.25) is 5.91 Å². The SMILES string of the molecule is CC12CC[C@@]34CC35CC[C@H](OC3CN(C(=O)C6CNC6)CCO3)C(C)(C)C5CCC4C1CC1OC([C@H](O)C(C)(C)O)CCC12.[HH]. The van der Waals surface area contributed by atoms with Crippen molar-refractivity contribution in [2.75, 3.05) is 32.8 Å². The van der Waals surface area contributed by atoms with Gasteiger partial charge >= 0.3 is 0 Å². The lowest BCUT2D eigenvalue weighted by molar-refractivity contribution is -0.245. The van der Waals surface area contributed by atoms with Crippen LogP contribution in [0, 0.1) is 51.2 Å². The molecule has 1 amide bonds. The summed E-state index contributed by atoms with van der Waals surface area (Å²) >= 11 is 0. The van der Waals surface area contributed by atoms with E-state index in [1.54, 1.807) is 13.8 Å². The zero-order valence-electron chi connectivity index (χ0n) is 27.9. The van der Waals surface area contributed by atoms with E-state index in [1.807, 2.05) is 4.90 Å². The van der Waals surface area contributed by atoms with E-state index in [-0.39, 0.29) is 43.3 Å². The third kappa shape index (κ3) is 4.25. The average Bonchev–Trinajstić information content (AvgIpc) is 3.52. The van der Waals surface area contributed by atoms with Crippen molar-refractivity contribution in [3.8, 4) is 0 Å². The van der Waals surface area contributed by atoms with Crippen LogP contribution in [-0.2, 0) is 19.0 Å². The van der Waals surface area contributed by atoms with E-state index in [9.17, 15) is 15.0 Å². The predicted molar refractivity (Wildman–Crippen MR) is 168 cm³/mol. The molecule has 3 N–H and O–H groups in total. The van der Waals surface area contributed by atoms with Crippen LogP contribution in [0.15, 0.2) is 0 Å². The van der Waals surface area contributed by atoms with Crippen molar-refractivity contribution >= 4 is 5.91 Å². The Bertz CT molecular complexity index is 1160. The zero-order valence-corrected chi connectivity index (χ0v) is 27.9. The predicted octanol–water partition coefficient (Wildman–Crippen LogP) is 4.36. The molecular formula is C36H60N2O6. The molecule has 3 saturated heterocycles. The molecule has 0 aromatic carbocycles. The van der Waals surface area contributed by atoms with E-state index < -0.39 is 11.7 Å². The summed E-state index contributed by atoms with van der Waals surface area (Å²) in [6, 6.07) is 0. The Morgan fingerprint density at radius 1 is 1.02 bits per heavy atom. The highest BCUT2D eigenvalue weighted by atomic mass is 16.7. The number of carbonyl (C=O) groups excluding carboxylic acids is 1. The van der Waals surface area contributed by atoms with Gasteiger partial charge < -0.3 is 34.6 Å². The minimum atomic E-state index is -1.14.